The van der Waals surface area contributed by atoms with Crippen molar-refractivity contribution >= 4 is 10.0 Å². The standard InChI is InChI=1S/C18H30N2O4S/c1-14(2)11-16(20-7-9-24-10-8-20)13-19-25(21,22)18-12-15(3)5-6-17(18)23-4/h5-6,12,14,16,19H,7-11,13H2,1-4H3. The second-order valence-corrected chi connectivity index (χ2v) is 8.67. The van der Waals surface area contributed by atoms with E-state index in [9.17, 15) is 8.42 Å². The van der Waals surface area contributed by atoms with E-state index in [0.717, 1.165) is 25.1 Å². The molecule has 1 aliphatic rings. The number of benzene rings is 1. The van der Waals surface area contributed by atoms with Gasteiger partial charge in [-0.1, -0.05) is 19.9 Å². The van der Waals surface area contributed by atoms with Gasteiger partial charge in [0.1, 0.15) is 10.6 Å². The van der Waals surface area contributed by atoms with Crippen LogP contribution < -0.4 is 9.46 Å². The number of nitrogens with one attached hydrogen (secondary N) is 1. The fourth-order valence-electron chi connectivity index (χ4n) is 3.13. The summed E-state index contributed by atoms with van der Waals surface area (Å²) < 4.78 is 39.0. The molecular formula is C18H30N2O4S. The lowest BCUT2D eigenvalue weighted by atomic mass is 10.0. The van der Waals surface area contributed by atoms with Gasteiger partial charge in [-0.05, 0) is 37.0 Å². The van der Waals surface area contributed by atoms with Crippen LogP contribution in [0.25, 0.3) is 0 Å². The van der Waals surface area contributed by atoms with Crippen LogP contribution in [0.5, 0.6) is 5.75 Å². The molecule has 1 N–H and O–H groups in total. The largest absolute Gasteiger partial charge is 0.495 e. The lowest BCUT2D eigenvalue weighted by molar-refractivity contribution is 0.0134. The molecule has 142 valence electrons. The first-order valence-corrected chi connectivity index (χ1v) is 10.3. The molecule has 1 unspecified atom stereocenters. The topological polar surface area (TPSA) is 67.9 Å². The number of hydrogen-bond acceptors (Lipinski definition) is 5. The van der Waals surface area contributed by atoms with Crippen molar-refractivity contribution < 1.29 is 17.9 Å². The van der Waals surface area contributed by atoms with Crippen molar-refractivity contribution in [2.24, 2.45) is 5.92 Å². The van der Waals surface area contributed by atoms with E-state index < -0.39 is 10.0 Å². The van der Waals surface area contributed by atoms with Crippen LogP contribution in [-0.4, -0.2) is 59.3 Å². The fraction of sp³-hybridized carbons (Fsp3) is 0.667. The van der Waals surface area contributed by atoms with E-state index in [1.54, 1.807) is 12.1 Å². The van der Waals surface area contributed by atoms with Gasteiger partial charge in [0.15, 0.2) is 0 Å². The van der Waals surface area contributed by atoms with Crippen LogP contribution in [0.2, 0.25) is 0 Å². The molecule has 1 aliphatic heterocycles. The normalized spacial score (nSPS) is 17.6. The van der Waals surface area contributed by atoms with Gasteiger partial charge < -0.3 is 9.47 Å². The van der Waals surface area contributed by atoms with Crippen LogP contribution in [0, 0.1) is 12.8 Å². The van der Waals surface area contributed by atoms with Gasteiger partial charge in [-0.2, -0.15) is 0 Å². The van der Waals surface area contributed by atoms with Crippen LogP contribution in [0.1, 0.15) is 25.8 Å². The van der Waals surface area contributed by atoms with Gasteiger partial charge in [-0.15, -0.1) is 0 Å². The molecule has 1 aromatic rings. The van der Waals surface area contributed by atoms with Crippen LogP contribution >= 0.6 is 0 Å². The Morgan fingerprint density at radius 2 is 1.96 bits per heavy atom. The van der Waals surface area contributed by atoms with Gasteiger partial charge in [0.2, 0.25) is 10.0 Å². The molecule has 1 aromatic carbocycles. The average Bonchev–Trinajstić information content (AvgIpc) is 2.59. The minimum Gasteiger partial charge on any atom is -0.495 e. The predicted octanol–water partition coefficient (Wildman–Crippen LogP) is 2.03. The molecule has 0 radical (unpaired) electrons. The van der Waals surface area contributed by atoms with E-state index in [1.807, 2.05) is 13.0 Å². The maximum absolute atomic E-state index is 12.8. The van der Waals surface area contributed by atoms with Crippen molar-refractivity contribution in [2.75, 3.05) is 40.0 Å². The SMILES string of the molecule is COc1ccc(C)cc1S(=O)(=O)NCC(CC(C)C)N1CCOCC1. The maximum atomic E-state index is 12.8. The molecular weight excluding hydrogens is 340 g/mol. The van der Waals surface area contributed by atoms with Crippen molar-refractivity contribution in [3.63, 3.8) is 0 Å². The monoisotopic (exact) mass is 370 g/mol. The van der Waals surface area contributed by atoms with Gasteiger partial charge in [0.05, 0.1) is 20.3 Å². The molecule has 2 rings (SSSR count). The zero-order valence-electron chi connectivity index (χ0n) is 15.6. The Balaban J connectivity index is 2.13. The second kappa shape index (κ2) is 8.98. The third-order valence-electron chi connectivity index (χ3n) is 4.42. The smallest absolute Gasteiger partial charge is 0.244 e. The molecule has 0 aliphatic carbocycles. The van der Waals surface area contributed by atoms with Gasteiger partial charge in [-0.25, -0.2) is 13.1 Å². The molecule has 0 saturated carbocycles. The molecule has 6 nitrogen and oxygen atoms in total. The van der Waals surface area contributed by atoms with Gasteiger partial charge in [0.25, 0.3) is 0 Å². The average molecular weight is 371 g/mol. The summed E-state index contributed by atoms with van der Waals surface area (Å²) in [6.45, 7) is 9.66. The highest BCUT2D eigenvalue weighted by atomic mass is 32.2. The highest BCUT2D eigenvalue weighted by molar-refractivity contribution is 7.89. The number of sulfonamides is 1. The van der Waals surface area contributed by atoms with Crippen LogP contribution in [-0.2, 0) is 14.8 Å². The van der Waals surface area contributed by atoms with E-state index in [0.29, 0.717) is 31.4 Å². The van der Waals surface area contributed by atoms with Gasteiger partial charge in [0, 0.05) is 25.7 Å². The van der Waals surface area contributed by atoms with Crippen LogP contribution in [0.15, 0.2) is 23.1 Å². The molecule has 0 bridgehead atoms. The summed E-state index contributed by atoms with van der Waals surface area (Å²) in [5, 5.41) is 0. The summed E-state index contributed by atoms with van der Waals surface area (Å²) in [6.07, 6.45) is 0.938. The minimum absolute atomic E-state index is 0.162. The van der Waals surface area contributed by atoms with Crippen molar-refractivity contribution in [3.05, 3.63) is 23.8 Å². The number of morpholine rings is 1. The summed E-state index contributed by atoms with van der Waals surface area (Å²) in [5.41, 5.74) is 0.882. The Morgan fingerprint density at radius 1 is 1.28 bits per heavy atom. The summed E-state index contributed by atoms with van der Waals surface area (Å²) in [4.78, 5) is 2.51. The van der Waals surface area contributed by atoms with E-state index in [2.05, 4.69) is 23.5 Å². The third kappa shape index (κ3) is 5.67. The van der Waals surface area contributed by atoms with E-state index in [4.69, 9.17) is 9.47 Å². The number of hydrogen-bond donors (Lipinski definition) is 1. The Bertz CT molecular complexity index is 655. The summed E-state index contributed by atoms with van der Waals surface area (Å²) >= 11 is 0. The molecule has 1 fully saturated rings. The Morgan fingerprint density at radius 3 is 2.56 bits per heavy atom. The Labute approximate surface area is 151 Å². The Hall–Kier alpha value is -1.15. The molecule has 7 heteroatoms. The lowest BCUT2D eigenvalue weighted by Gasteiger charge is -2.35. The number of methoxy groups -OCH3 is 1. The molecule has 25 heavy (non-hydrogen) atoms. The van der Waals surface area contributed by atoms with Crippen molar-refractivity contribution in [3.8, 4) is 5.75 Å². The predicted molar refractivity (Wildman–Crippen MR) is 98.6 cm³/mol. The quantitative estimate of drug-likeness (QED) is 0.758. The lowest BCUT2D eigenvalue weighted by Crippen LogP contribution is -2.49. The first-order valence-electron chi connectivity index (χ1n) is 8.79. The zero-order chi connectivity index (χ0) is 18.4. The van der Waals surface area contributed by atoms with Crippen molar-refractivity contribution in [1.82, 2.24) is 9.62 Å². The fourth-order valence-corrected chi connectivity index (χ4v) is 4.45. The number of aryl methyl sites for hydroxylation is 1. The molecule has 1 heterocycles. The molecule has 0 aromatic heterocycles. The van der Waals surface area contributed by atoms with E-state index in [-0.39, 0.29) is 10.9 Å². The summed E-state index contributed by atoms with van der Waals surface area (Å²) in [5.74, 6) is 0.857. The highest BCUT2D eigenvalue weighted by Gasteiger charge is 2.25. The number of nitrogens with zero attached hydrogens (tertiary/aromatic N) is 1. The van der Waals surface area contributed by atoms with E-state index >= 15 is 0 Å². The summed E-state index contributed by atoms with van der Waals surface area (Å²) in [7, 11) is -2.14. The van der Waals surface area contributed by atoms with Gasteiger partial charge in [-0.3, -0.25) is 4.90 Å². The second-order valence-electron chi connectivity index (χ2n) is 6.94. The maximum Gasteiger partial charge on any atom is 0.244 e. The summed E-state index contributed by atoms with van der Waals surface area (Å²) in [6, 6.07) is 5.34. The van der Waals surface area contributed by atoms with Crippen molar-refractivity contribution in [2.45, 2.75) is 38.1 Å². The third-order valence-corrected chi connectivity index (χ3v) is 5.87. The molecule has 1 saturated heterocycles. The molecule has 0 amide bonds. The van der Waals surface area contributed by atoms with Crippen molar-refractivity contribution in [1.29, 1.82) is 0 Å². The minimum atomic E-state index is -3.63. The van der Waals surface area contributed by atoms with Crippen LogP contribution in [0.3, 0.4) is 0 Å². The number of ether oxygens (including phenoxy) is 2. The Kier molecular flexibility index (Phi) is 7.25. The van der Waals surface area contributed by atoms with Gasteiger partial charge >= 0.3 is 0 Å². The zero-order valence-corrected chi connectivity index (χ0v) is 16.4. The van der Waals surface area contributed by atoms with E-state index in [1.165, 1.54) is 7.11 Å². The first kappa shape index (κ1) is 20.2. The highest BCUT2D eigenvalue weighted by Crippen LogP contribution is 2.24. The molecule has 1 atom stereocenters. The first-order chi connectivity index (χ1) is 11.8. The molecule has 0 spiro atoms. The van der Waals surface area contributed by atoms with Crippen LogP contribution in [0.4, 0.5) is 0 Å². The number of rotatable bonds is 8.